The molecule has 1 amide bonds. The van der Waals surface area contributed by atoms with Crippen LogP contribution in [0.3, 0.4) is 0 Å². The number of rotatable bonds is 8. The lowest BCUT2D eigenvalue weighted by Gasteiger charge is -2.34. The Morgan fingerprint density at radius 3 is 2.50 bits per heavy atom. The van der Waals surface area contributed by atoms with E-state index in [4.69, 9.17) is 0 Å². The van der Waals surface area contributed by atoms with Crippen LogP contribution >= 0.6 is 37.2 Å². The number of halogens is 3. The summed E-state index contributed by atoms with van der Waals surface area (Å²) in [5.41, 5.74) is 0. The van der Waals surface area contributed by atoms with Crippen molar-refractivity contribution in [3.05, 3.63) is 18.5 Å². The van der Waals surface area contributed by atoms with Crippen LogP contribution in [0.1, 0.15) is 25.7 Å². The highest BCUT2D eigenvalue weighted by molar-refractivity contribution is 5.86. The van der Waals surface area contributed by atoms with Crippen molar-refractivity contribution >= 4 is 49.1 Å². The average molecular weight is 456 g/mol. The molecule has 2 fully saturated rings. The van der Waals surface area contributed by atoms with Gasteiger partial charge in [0, 0.05) is 51.5 Å². The first kappa shape index (κ1) is 27.1. The quantitative estimate of drug-likeness (QED) is 0.582. The number of amides is 1. The van der Waals surface area contributed by atoms with Gasteiger partial charge in [0.2, 0.25) is 11.9 Å². The second-order valence-corrected chi connectivity index (χ2v) is 6.98. The van der Waals surface area contributed by atoms with E-state index in [9.17, 15) is 4.79 Å². The van der Waals surface area contributed by atoms with Gasteiger partial charge in [-0.1, -0.05) is 0 Å². The molecule has 2 aliphatic heterocycles. The van der Waals surface area contributed by atoms with Crippen molar-refractivity contribution in [2.24, 2.45) is 5.92 Å². The Balaban J connectivity index is 0.00000243. The van der Waals surface area contributed by atoms with Gasteiger partial charge < -0.3 is 15.5 Å². The lowest BCUT2D eigenvalue weighted by atomic mass is 10.0. The van der Waals surface area contributed by atoms with Crippen LogP contribution in [0.25, 0.3) is 0 Å². The Kier molecular flexibility index (Phi) is 14.6. The molecule has 3 rings (SSSR count). The van der Waals surface area contributed by atoms with E-state index in [0.29, 0.717) is 12.3 Å². The summed E-state index contributed by atoms with van der Waals surface area (Å²) in [6.07, 6.45) is 7.50. The van der Waals surface area contributed by atoms with E-state index < -0.39 is 0 Å². The number of carbonyl (C=O) groups is 1. The van der Waals surface area contributed by atoms with Crippen molar-refractivity contribution in [1.82, 2.24) is 25.5 Å². The average Bonchev–Trinajstić information content (AvgIpc) is 3.18. The minimum atomic E-state index is 0. The van der Waals surface area contributed by atoms with Crippen LogP contribution < -0.4 is 15.5 Å². The number of hydrogen-bond acceptors (Lipinski definition) is 6. The highest BCUT2D eigenvalue weighted by Crippen LogP contribution is 2.14. The highest BCUT2D eigenvalue weighted by Gasteiger charge is 2.18. The number of carbonyl (C=O) groups excluding carboxylic acids is 1. The van der Waals surface area contributed by atoms with Crippen molar-refractivity contribution in [2.75, 3.05) is 57.3 Å². The summed E-state index contributed by atoms with van der Waals surface area (Å²) >= 11 is 0. The zero-order valence-electron chi connectivity index (χ0n) is 16.2. The molecule has 0 aliphatic carbocycles. The van der Waals surface area contributed by atoms with Gasteiger partial charge in [-0.25, -0.2) is 9.97 Å². The van der Waals surface area contributed by atoms with Crippen LogP contribution in [0, 0.1) is 5.92 Å². The van der Waals surface area contributed by atoms with E-state index >= 15 is 0 Å². The molecule has 10 heteroatoms. The molecule has 162 valence electrons. The molecule has 2 N–H and O–H groups in total. The summed E-state index contributed by atoms with van der Waals surface area (Å²) in [6, 6.07) is 1.85. The van der Waals surface area contributed by atoms with E-state index in [-0.39, 0.29) is 43.1 Å². The summed E-state index contributed by atoms with van der Waals surface area (Å²) in [5.74, 6) is 1.72. The smallest absolute Gasteiger partial charge is 0.225 e. The van der Waals surface area contributed by atoms with Crippen LogP contribution in [-0.2, 0) is 4.79 Å². The lowest BCUT2D eigenvalue weighted by molar-refractivity contribution is -0.121. The molecule has 7 nitrogen and oxygen atoms in total. The number of hydrogen-bond donors (Lipinski definition) is 2. The monoisotopic (exact) mass is 454 g/mol. The topological polar surface area (TPSA) is 73.4 Å². The minimum Gasteiger partial charge on any atom is -0.356 e. The number of nitrogens with one attached hydrogen (secondary N) is 2. The summed E-state index contributed by atoms with van der Waals surface area (Å²) in [5, 5.41) is 6.41. The van der Waals surface area contributed by atoms with Crippen LogP contribution in [0.2, 0.25) is 0 Å². The summed E-state index contributed by atoms with van der Waals surface area (Å²) < 4.78 is 0. The van der Waals surface area contributed by atoms with Crippen LogP contribution in [0.5, 0.6) is 0 Å². The first-order chi connectivity index (χ1) is 12.3. The van der Waals surface area contributed by atoms with Gasteiger partial charge >= 0.3 is 0 Å². The number of anilines is 1. The van der Waals surface area contributed by atoms with Gasteiger partial charge in [-0.3, -0.25) is 9.69 Å². The van der Waals surface area contributed by atoms with Crippen molar-refractivity contribution < 1.29 is 4.79 Å². The van der Waals surface area contributed by atoms with Crippen LogP contribution in [0.15, 0.2) is 18.5 Å². The van der Waals surface area contributed by atoms with Gasteiger partial charge in [0.15, 0.2) is 0 Å². The molecule has 0 saturated carbocycles. The second-order valence-electron chi connectivity index (χ2n) is 6.98. The largest absolute Gasteiger partial charge is 0.356 e. The van der Waals surface area contributed by atoms with Gasteiger partial charge in [-0.05, 0) is 50.9 Å². The predicted molar refractivity (Wildman–Crippen MR) is 120 cm³/mol. The molecule has 0 aromatic carbocycles. The van der Waals surface area contributed by atoms with Crippen molar-refractivity contribution in [3.8, 4) is 0 Å². The standard InChI is InChI=1S/C18H30N6O.3ClH/c25-17(4-3-16-5-9-19-15-16)20-8-2-10-23-11-13-24(14-12-23)18-21-6-1-7-22-18;;;/h1,6-7,16,19H,2-5,8-15H2,(H,20,25);3*1H. The number of piperazine rings is 1. The normalized spacial score (nSPS) is 19.1. The van der Waals surface area contributed by atoms with Crippen LogP contribution in [-0.4, -0.2) is 73.1 Å². The SMILES string of the molecule is Cl.Cl.Cl.O=C(CCC1CCNC1)NCCCN1CCN(c2ncccn2)CC1. The molecule has 1 atom stereocenters. The maximum absolute atomic E-state index is 11.9. The third kappa shape index (κ3) is 9.09. The minimum absolute atomic E-state index is 0. The van der Waals surface area contributed by atoms with E-state index in [0.717, 1.165) is 71.1 Å². The van der Waals surface area contributed by atoms with Gasteiger partial charge in [0.25, 0.3) is 0 Å². The highest BCUT2D eigenvalue weighted by atomic mass is 35.5. The lowest BCUT2D eigenvalue weighted by Crippen LogP contribution is -2.47. The van der Waals surface area contributed by atoms with E-state index in [1.165, 1.54) is 6.42 Å². The molecule has 1 aromatic heterocycles. The van der Waals surface area contributed by atoms with Crippen molar-refractivity contribution in [1.29, 1.82) is 0 Å². The summed E-state index contributed by atoms with van der Waals surface area (Å²) in [4.78, 5) is 25.2. The van der Waals surface area contributed by atoms with Crippen LogP contribution in [0.4, 0.5) is 5.95 Å². The molecule has 3 heterocycles. The zero-order chi connectivity index (χ0) is 17.3. The fraction of sp³-hybridized carbons (Fsp3) is 0.722. The van der Waals surface area contributed by atoms with Crippen molar-refractivity contribution in [3.63, 3.8) is 0 Å². The first-order valence-electron chi connectivity index (χ1n) is 9.53. The Morgan fingerprint density at radius 2 is 1.86 bits per heavy atom. The molecule has 1 unspecified atom stereocenters. The maximum atomic E-state index is 11.9. The summed E-state index contributed by atoms with van der Waals surface area (Å²) in [7, 11) is 0. The Morgan fingerprint density at radius 1 is 1.14 bits per heavy atom. The van der Waals surface area contributed by atoms with Gasteiger partial charge in [0.1, 0.15) is 0 Å². The third-order valence-corrected chi connectivity index (χ3v) is 5.12. The fourth-order valence-corrected chi connectivity index (χ4v) is 3.54. The van der Waals surface area contributed by atoms with Gasteiger partial charge in [-0.15, -0.1) is 37.2 Å². The first-order valence-corrected chi connectivity index (χ1v) is 9.53. The molecule has 28 heavy (non-hydrogen) atoms. The third-order valence-electron chi connectivity index (χ3n) is 5.12. The number of nitrogens with zero attached hydrogens (tertiary/aromatic N) is 4. The molecule has 1 aromatic rings. The summed E-state index contributed by atoms with van der Waals surface area (Å²) in [6.45, 7) is 7.99. The molecule has 0 radical (unpaired) electrons. The maximum Gasteiger partial charge on any atom is 0.225 e. The van der Waals surface area contributed by atoms with E-state index in [1.807, 2.05) is 6.07 Å². The molecule has 0 bridgehead atoms. The van der Waals surface area contributed by atoms with Gasteiger partial charge in [-0.2, -0.15) is 0 Å². The molecule has 2 aliphatic rings. The Bertz CT molecular complexity index is 525. The zero-order valence-corrected chi connectivity index (χ0v) is 18.7. The Labute approximate surface area is 186 Å². The number of aromatic nitrogens is 2. The van der Waals surface area contributed by atoms with Crippen molar-refractivity contribution in [2.45, 2.75) is 25.7 Å². The fourth-order valence-electron chi connectivity index (χ4n) is 3.54. The molecule has 2 saturated heterocycles. The predicted octanol–water partition coefficient (Wildman–Crippen LogP) is 1.76. The molecular weight excluding hydrogens is 423 g/mol. The molecular formula is C18H33Cl3N6O. The molecule has 0 spiro atoms. The van der Waals surface area contributed by atoms with Gasteiger partial charge in [0.05, 0.1) is 0 Å². The second kappa shape index (κ2) is 15.0. The van der Waals surface area contributed by atoms with E-state index in [2.05, 4.69) is 30.4 Å². The Hall–Kier alpha value is -0.860. The van der Waals surface area contributed by atoms with E-state index in [1.54, 1.807) is 12.4 Å².